The van der Waals surface area contributed by atoms with Gasteiger partial charge in [0.15, 0.2) is 0 Å². The van der Waals surface area contributed by atoms with Gasteiger partial charge in [-0.2, -0.15) is 0 Å². The summed E-state index contributed by atoms with van der Waals surface area (Å²) in [5.41, 5.74) is 0. The summed E-state index contributed by atoms with van der Waals surface area (Å²) >= 11 is 0. The molecule has 96 valence electrons. The zero-order valence-electron chi connectivity index (χ0n) is 10.0. The average molecular weight is 240 g/mol. The van der Waals surface area contributed by atoms with Gasteiger partial charge in [-0.1, -0.05) is 0 Å². The van der Waals surface area contributed by atoms with Crippen LogP contribution in [-0.2, 0) is 9.59 Å². The largest absolute Gasteiger partial charge is 0.481 e. The van der Waals surface area contributed by atoms with E-state index in [1.165, 1.54) is 0 Å². The second kappa shape index (κ2) is 5.49. The van der Waals surface area contributed by atoms with Gasteiger partial charge in [0.2, 0.25) is 5.91 Å². The van der Waals surface area contributed by atoms with E-state index in [4.69, 9.17) is 5.11 Å². The van der Waals surface area contributed by atoms with Crippen molar-refractivity contribution in [2.75, 3.05) is 26.2 Å². The van der Waals surface area contributed by atoms with Gasteiger partial charge in [-0.25, -0.2) is 0 Å². The number of carboxylic acids is 1. The van der Waals surface area contributed by atoms with Gasteiger partial charge in [-0.15, -0.1) is 0 Å². The van der Waals surface area contributed by atoms with Crippen LogP contribution in [0.25, 0.3) is 0 Å². The van der Waals surface area contributed by atoms with E-state index in [1.807, 2.05) is 0 Å². The van der Waals surface area contributed by atoms with Crippen molar-refractivity contribution in [3.63, 3.8) is 0 Å². The van der Waals surface area contributed by atoms with Crippen molar-refractivity contribution in [1.29, 1.82) is 0 Å². The van der Waals surface area contributed by atoms with Crippen LogP contribution in [0.3, 0.4) is 0 Å². The maximum absolute atomic E-state index is 12.2. The zero-order chi connectivity index (χ0) is 12.3. The Balaban J connectivity index is 1.91. The summed E-state index contributed by atoms with van der Waals surface area (Å²) in [6, 6.07) is 0. The van der Waals surface area contributed by atoms with E-state index in [2.05, 4.69) is 5.32 Å². The molecule has 0 aliphatic carbocycles. The molecule has 0 saturated carbocycles. The zero-order valence-corrected chi connectivity index (χ0v) is 10.0. The first-order valence-corrected chi connectivity index (χ1v) is 6.41. The van der Waals surface area contributed by atoms with Crippen LogP contribution in [0.4, 0.5) is 0 Å². The molecule has 0 aromatic heterocycles. The highest BCUT2D eigenvalue weighted by atomic mass is 16.4. The summed E-state index contributed by atoms with van der Waals surface area (Å²) in [5.74, 6) is -0.951. The van der Waals surface area contributed by atoms with Crippen LogP contribution in [0.1, 0.15) is 25.7 Å². The van der Waals surface area contributed by atoms with Crippen molar-refractivity contribution < 1.29 is 14.7 Å². The predicted octanol–water partition coefficient (Wildman–Crippen LogP) is 0.309. The minimum atomic E-state index is -0.774. The van der Waals surface area contributed by atoms with E-state index >= 15 is 0 Å². The third-order valence-electron chi connectivity index (χ3n) is 3.73. The topological polar surface area (TPSA) is 69.6 Å². The van der Waals surface area contributed by atoms with Gasteiger partial charge in [0.1, 0.15) is 0 Å². The normalized spacial score (nSPS) is 30.0. The fraction of sp³-hybridized carbons (Fsp3) is 0.833. The van der Waals surface area contributed by atoms with Crippen molar-refractivity contribution in [1.82, 2.24) is 10.2 Å². The summed E-state index contributed by atoms with van der Waals surface area (Å²) in [7, 11) is 0. The minimum Gasteiger partial charge on any atom is -0.481 e. The van der Waals surface area contributed by atoms with Crippen LogP contribution < -0.4 is 5.32 Å². The van der Waals surface area contributed by atoms with Gasteiger partial charge in [-0.3, -0.25) is 9.59 Å². The van der Waals surface area contributed by atoms with Gasteiger partial charge in [-0.05, 0) is 32.2 Å². The highest BCUT2D eigenvalue weighted by Gasteiger charge is 2.32. The minimum absolute atomic E-state index is 0.0521. The number of piperidine rings is 2. The first-order valence-electron chi connectivity index (χ1n) is 6.41. The van der Waals surface area contributed by atoms with Gasteiger partial charge in [0.25, 0.3) is 0 Å². The number of rotatable bonds is 2. The Kier molecular flexibility index (Phi) is 3.99. The first kappa shape index (κ1) is 12.4. The molecule has 0 unspecified atom stereocenters. The number of carbonyl (C=O) groups is 2. The highest BCUT2D eigenvalue weighted by Crippen LogP contribution is 2.20. The molecule has 0 spiro atoms. The molecule has 2 heterocycles. The summed E-state index contributed by atoms with van der Waals surface area (Å²) in [5, 5.41) is 12.2. The Bertz CT molecular complexity index is 300. The molecule has 5 heteroatoms. The lowest BCUT2D eigenvalue weighted by Gasteiger charge is -2.34. The molecule has 2 rings (SSSR count). The predicted molar refractivity (Wildman–Crippen MR) is 62.5 cm³/mol. The van der Waals surface area contributed by atoms with Crippen molar-refractivity contribution >= 4 is 11.9 Å². The molecule has 0 radical (unpaired) electrons. The molecule has 2 aliphatic rings. The summed E-state index contributed by atoms with van der Waals surface area (Å²) < 4.78 is 0. The molecule has 2 aliphatic heterocycles. The Hall–Kier alpha value is -1.10. The lowest BCUT2D eigenvalue weighted by Crippen LogP contribution is -2.48. The molecule has 2 N–H and O–H groups in total. The number of nitrogens with one attached hydrogen (secondary N) is 1. The van der Waals surface area contributed by atoms with Crippen LogP contribution in [0.2, 0.25) is 0 Å². The van der Waals surface area contributed by atoms with Crippen LogP contribution in [0.15, 0.2) is 0 Å². The third-order valence-corrected chi connectivity index (χ3v) is 3.73. The summed E-state index contributed by atoms with van der Waals surface area (Å²) in [6.07, 6.45) is 3.47. The fourth-order valence-electron chi connectivity index (χ4n) is 2.70. The first-order chi connectivity index (χ1) is 8.18. The molecule has 0 bridgehead atoms. The van der Waals surface area contributed by atoms with Crippen LogP contribution >= 0.6 is 0 Å². The number of aliphatic carboxylic acids is 1. The maximum atomic E-state index is 12.2. The van der Waals surface area contributed by atoms with Gasteiger partial charge < -0.3 is 15.3 Å². The van der Waals surface area contributed by atoms with E-state index in [0.717, 1.165) is 38.9 Å². The fourth-order valence-corrected chi connectivity index (χ4v) is 2.70. The maximum Gasteiger partial charge on any atom is 0.308 e. The number of carbonyl (C=O) groups excluding carboxylic acids is 1. The molecule has 2 fully saturated rings. The second-order valence-corrected chi connectivity index (χ2v) is 5.00. The van der Waals surface area contributed by atoms with Crippen LogP contribution in [0.5, 0.6) is 0 Å². The van der Waals surface area contributed by atoms with Crippen LogP contribution in [-0.4, -0.2) is 48.1 Å². The quantitative estimate of drug-likeness (QED) is 0.729. The number of amides is 1. The Morgan fingerprint density at radius 2 is 1.94 bits per heavy atom. The smallest absolute Gasteiger partial charge is 0.308 e. The van der Waals surface area contributed by atoms with E-state index in [-0.39, 0.29) is 17.7 Å². The van der Waals surface area contributed by atoms with E-state index in [9.17, 15) is 9.59 Å². The van der Waals surface area contributed by atoms with Gasteiger partial charge in [0.05, 0.1) is 11.8 Å². The average Bonchev–Trinajstić information content (AvgIpc) is 2.39. The molecule has 0 aromatic carbocycles. The number of likely N-dealkylation sites (tertiary alicyclic amines) is 1. The molecule has 1 amide bonds. The summed E-state index contributed by atoms with van der Waals surface area (Å²) in [4.78, 5) is 24.9. The molecule has 2 saturated heterocycles. The van der Waals surface area contributed by atoms with E-state index in [1.54, 1.807) is 4.90 Å². The van der Waals surface area contributed by atoms with Crippen LogP contribution in [0, 0.1) is 11.8 Å². The Labute approximate surface area is 101 Å². The second-order valence-electron chi connectivity index (χ2n) is 5.00. The van der Waals surface area contributed by atoms with E-state index in [0.29, 0.717) is 13.0 Å². The number of hydrogen-bond donors (Lipinski definition) is 2. The number of nitrogens with zero attached hydrogens (tertiary/aromatic N) is 1. The highest BCUT2D eigenvalue weighted by molar-refractivity contribution is 5.80. The van der Waals surface area contributed by atoms with E-state index < -0.39 is 5.97 Å². The number of hydrogen-bond acceptors (Lipinski definition) is 3. The molecule has 5 nitrogen and oxygen atoms in total. The standard InChI is InChI=1S/C12H20N2O3/c15-11(9-3-1-5-13-7-9)14-6-2-4-10(8-14)12(16)17/h9-10,13H,1-8H2,(H,16,17)/t9-,10-/m1/s1. The number of carboxylic acid groups (broad SMARTS) is 1. The monoisotopic (exact) mass is 240 g/mol. The van der Waals surface area contributed by atoms with Crippen molar-refractivity contribution in [2.45, 2.75) is 25.7 Å². The molecule has 2 atom stereocenters. The molecular weight excluding hydrogens is 220 g/mol. The third kappa shape index (κ3) is 2.97. The lowest BCUT2D eigenvalue weighted by atomic mass is 9.94. The SMILES string of the molecule is O=C(O)[C@@H]1CCCN(C(=O)[C@@H]2CCCNC2)C1. The molecular formula is C12H20N2O3. The van der Waals surface area contributed by atoms with Crippen molar-refractivity contribution in [3.8, 4) is 0 Å². The molecule has 0 aromatic rings. The molecule has 17 heavy (non-hydrogen) atoms. The van der Waals surface area contributed by atoms with Gasteiger partial charge in [0, 0.05) is 19.6 Å². The Morgan fingerprint density at radius 3 is 2.59 bits per heavy atom. The van der Waals surface area contributed by atoms with Crippen molar-refractivity contribution in [3.05, 3.63) is 0 Å². The lowest BCUT2D eigenvalue weighted by molar-refractivity contribution is -0.147. The van der Waals surface area contributed by atoms with Gasteiger partial charge >= 0.3 is 5.97 Å². The summed E-state index contributed by atoms with van der Waals surface area (Å²) in [6.45, 7) is 2.85. The van der Waals surface area contributed by atoms with Crippen molar-refractivity contribution in [2.24, 2.45) is 11.8 Å². The Morgan fingerprint density at radius 1 is 1.18 bits per heavy atom.